The molecule has 16 heavy (non-hydrogen) atoms. The number of aryl methyl sites for hydroxylation is 2. The van der Waals surface area contributed by atoms with Crippen molar-refractivity contribution in [2.45, 2.75) is 20.4 Å². The Labute approximate surface area is 95.1 Å². The molecule has 0 spiro atoms. The first-order valence-electron chi connectivity index (χ1n) is 5.14. The normalized spacial score (nSPS) is 9.62. The molecule has 3 heteroatoms. The fourth-order valence-corrected chi connectivity index (χ4v) is 1.31. The first-order valence-corrected chi connectivity index (χ1v) is 5.14. The monoisotopic (exact) mass is 211 g/mol. The van der Waals surface area contributed by atoms with Crippen LogP contribution in [0.5, 0.6) is 0 Å². The number of nitrogens with zero attached hydrogens (tertiary/aromatic N) is 3. The highest BCUT2D eigenvalue weighted by molar-refractivity contribution is 5.28. The van der Waals surface area contributed by atoms with Crippen molar-refractivity contribution in [2.24, 2.45) is 0 Å². The van der Waals surface area contributed by atoms with Crippen LogP contribution in [0.2, 0.25) is 0 Å². The third-order valence-electron chi connectivity index (χ3n) is 2.13. The van der Waals surface area contributed by atoms with Gasteiger partial charge in [-0.1, -0.05) is 12.0 Å². The van der Waals surface area contributed by atoms with E-state index in [4.69, 9.17) is 0 Å². The maximum absolute atomic E-state index is 4.21. The van der Waals surface area contributed by atoms with Crippen LogP contribution in [0.15, 0.2) is 30.7 Å². The minimum absolute atomic E-state index is 0.601. The van der Waals surface area contributed by atoms with Crippen LogP contribution in [0.3, 0.4) is 0 Å². The molecule has 0 aliphatic heterocycles. The van der Waals surface area contributed by atoms with E-state index in [0.717, 1.165) is 16.8 Å². The van der Waals surface area contributed by atoms with E-state index in [0.29, 0.717) is 6.54 Å². The summed E-state index contributed by atoms with van der Waals surface area (Å²) >= 11 is 0. The molecule has 0 unspecified atom stereocenters. The van der Waals surface area contributed by atoms with Crippen LogP contribution >= 0.6 is 0 Å². The second-order valence-corrected chi connectivity index (χ2v) is 3.74. The molecule has 0 fully saturated rings. The van der Waals surface area contributed by atoms with E-state index in [1.807, 2.05) is 49.3 Å². The van der Waals surface area contributed by atoms with Gasteiger partial charge in [-0.05, 0) is 37.0 Å². The van der Waals surface area contributed by atoms with Gasteiger partial charge < -0.3 is 0 Å². The maximum Gasteiger partial charge on any atom is 0.113 e. The summed E-state index contributed by atoms with van der Waals surface area (Å²) < 4.78 is 1.82. The first-order chi connectivity index (χ1) is 7.74. The molecule has 2 aromatic rings. The zero-order valence-corrected chi connectivity index (χ0v) is 9.44. The molecule has 0 aliphatic carbocycles. The summed E-state index contributed by atoms with van der Waals surface area (Å²) in [4.78, 5) is 4.21. The SMILES string of the molecule is Cc1ccc(C#CCn2cc(C)cn2)nc1. The van der Waals surface area contributed by atoms with Crippen LogP contribution in [0.4, 0.5) is 0 Å². The van der Waals surface area contributed by atoms with E-state index in [1.165, 1.54) is 0 Å². The third kappa shape index (κ3) is 2.71. The molecular weight excluding hydrogens is 198 g/mol. The zero-order valence-electron chi connectivity index (χ0n) is 9.44. The molecule has 0 atom stereocenters. The highest BCUT2D eigenvalue weighted by atomic mass is 15.3. The summed E-state index contributed by atoms with van der Waals surface area (Å²) in [6.07, 6.45) is 5.62. The second kappa shape index (κ2) is 4.63. The average Bonchev–Trinajstić information content (AvgIpc) is 2.67. The van der Waals surface area contributed by atoms with Gasteiger partial charge in [-0.2, -0.15) is 5.10 Å². The van der Waals surface area contributed by atoms with Gasteiger partial charge >= 0.3 is 0 Å². The summed E-state index contributed by atoms with van der Waals surface area (Å²) in [5.41, 5.74) is 3.10. The van der Waals surface area contributed by atoms with Gasteiger partial charge in [0.15, 0.2) is 0 Å². The highest BCUT2D eigenvalue weighted by Gasteiger charge is 1.90. The lowest BCUT2D eigenvalue weighted by Crippen LogP contribution is -1.95. The van der Waals surface area contributed by atoms with Gasteiger partial charge in [-0.15, -0.1) is 0 Å². The maximum atomic E-state index is 4.21. The van der Waals surface area contributed by atoms with Crippen LogP contribution in [-0.4, -0.2) is 14.8 Å². The van der Waals surface area contributed by atoms with E-state index >= 15 is 0 Å². The summed E-state index contributed by atoms with van der Waals surface area (Å²) in [6, 6.07) is 3.94. The van der Waals surface area contributed by atoms with Gasteiger partial charge in [-0.3, -0.25) is 4.68 Å². The molecule has 0 saturated carbocycles. The van der Waals surface area contributed by atoms with Gasteiger partial charge in [0.05, 0.1) is 6.20 Å². The molecule has 0 amide bonds. The fraction of sp³-hybridized carbons (Fsp3) is 0.231. The van der Waals surface area contributed by atoms with Crippen LogP contribution in [0.25, 0.3) is 0 Å². The molecule has 0 bridgehead atoms. The Kier molecular flexibility index (Phi) is 3.02. The standard InChI is InChI=1S/C13H13N3/c1-11-5-6-13(14-8-11)4-3-7-16-10-12(2)9-15-16/h5-6,8-10H,7H2,1-2H3. The van der Waals surface area contributed by atoms with Crippen LogP contribution in [-0.2, 0) is 6.54 Å². The fourth-order valence-electron chi connectivity index (χ4n) is 1.31. The number of hydrogen-bond donors (Lipinski definition) is 0. The number of pyridine rings is 1. The van der Waals surface area contributed by atoms with Gasteiger partial charge in [-0.25, -0.2) is 4.98 Å². The molecule has 0 saturated heterocycles. The van der Waals surface area contributed by atoms with Crippen molar-refractivity contribution in [3.8, 4) is 11.8 Å². The molecule has 0 N–H and O–H groups in total. The van der Waals surface area contributed by atoms with E-state index in [9.17, 15) is 0 Å². The lowest BCUT2D eigenvalue weighted by molar-refractivity contribution is 0.715. The number of hydrogen-bond acceptors (Lipinski definition) is 2. The molecular formula is C13H13N3. The van der Waals surface area contributed by atoms with Crippen molar-refractivity contribution in [2.75, 3.05) is 0 Å². The molecule has 2 heterocycles. The molecule has 0 aliphatic rings. The van der Waals surface area contributed by atoms with Gasteiger partial charge in [0.2, 0.25) is 0 Å². The molecule has 0 aromatic carbocycles. The summed E-state index contributed by atoms with van der Waals surface area (Å²) in [5, 5.41) is 4.15. The lowest BCUT2D eigenvalue weighted by atomic mass is 10.3. The Morgan fingerprint density at radius 1 is 1.19 bits per heavy atom. The van der Waals surface area contributed by atoms with Crippen LogP contribution in [0, 0.1) is 25.7 Å². The number of rotatable bonds is 1. The van der Waals surface area contributed by atoms with Gasteiger partial charge in [0, 0.05) is 12.4 Å². The molecule has 0 radical (unpaired) electrons. The minimum Gasteiger partial charge on any atom is -0.260 e. The topological polar surface area (TPSA) is 30.7 Å². The predicted octanol–water partition coefficient (Wildman–Crippen LogP) is 1.95. The second-order valence-electron chi connectivity index (χ2n) is 3.74. The Morgan fingerprint density at radius 3 is 2.69 bits per heavy atom. The Hall–Kier alpha value is -2.08. The largest absolute Gasteiger partial charge is 0.260 e. The van der Waals surface area contributed by atoms with E-state index in [1.54, 1.807) is 0 Å². The summed E-state index contributed by atoms with van der Waals surface area (Å²) in [5.74, 6) is 6.05. The van der Waals surface area contributed by atoms with Gasteiger partial charge in [0.1, 0.15) is 12.2 Å². The van der Waals surface area contributed by atoms with Crippen molar-refractivity contribution >= 4 is 0 Å². The summed E-state index contributed by atoms with van der Waals surface area (Å²) in [6.45, 7) is 4.62. The van der Waals surface area contributed by atoms with E-state index in [2.05, 4.69) is 21.9 Å². The van der Waals surface area contributed by atoms with Crippen molar-refractivity contribution in [1.29, 1.82) is 0 Å². The average molecular weight is 211 g/mol. The third-order valence-corrected chi connectivity index (χ3v) is 2.13. The Morgan fingerprint density at radius 2 is 2.06 bits per heavy atom. The molecule has 2 aromatic heterocycles. The van der Waals surface area contributed by atoms with Crippen molar-refractivity contribution in [3.63, 3.8) is 0 Å². The van der Waals surface area contributed by atoms with Crippen LogP contribution < -0.4 is 0 Å². The molecule has 3 nitrogen and oxygen atoms in total. The minimum atomic E-state index is 0.601. The van der Waals surface area contributed by atoms with Crippen LogP contribution in [0.1, 0.15) is 16.8 Å². The van der Waals surface area contributed by atoms with Gasteiger partial charge in [0.25, 0.3) is 0 Å². The lowest BCUT2D eigenvalue weighted by Gasteiger charge is -1.92. The Balaban J connectivity index is 2.03. The number of aromatic nitrogens is 3. The quantitative estimate of drug-likeness (QED) is 0.675. The Bertz CT molecular complexity index is 526. The summed E-state index contributed by atoms with van der Waals surface area (Å²) in [7, 11) is 0. The predicted molar refractivity (Wildman–Crippen MR) is 62.8 cm³/mol. The molecule has 80 valence electrons. The smallest absolute Gasteiger partial charge is 0.113 e. The van der Waals surface area contributed by atoms with Crippen molar-refractivity contribution in [1.82, 2.24) is 14.8 Å². The first kappa shape index (κ1) is 10.4. The molecule has 2 rings (SSSR count). The van der Waals surface area contributed by atoms with E-state index < -0.39 is 0 Å². The van der Waals surface area contributed by atoms with E-state index in [-0.39, 0.29) is 0 Å². The zero-order chi connectivity index (χ0) is 11.4. The highest BCUT2D eigenvalue weighted by Crippen LogP contribution is 1.97. The van der Waals surface area contributed by atoms with Crippen molar-refractivity contribution < 1.29 is 0 Å². The van der Waals surface area contributed by atoms with Crippen molar-refractivity contribution in [3.05, 3.63) is 47.5 Å².